The lowest BCUT2D eigenvalue weighted by Gasteiger charge is -2.35. The Morgan fingerprint density at radius 3 is 1.86 bits per heavy atom. The van der Waals surface area contributed by atoms with E-state index < -0.39 is 28.0 Å². The van der Waals surface area contributed by atoms with E-state index in [9.17, 15) is 25.0 Å². The van der Waals surface area contributed by atoms with Gasteiger partial charge in [-0.2, -0.15) is 0 Å². The minimum absolute atomic E-state index is 0.0287. The number of carbonyl (C=O) groups excluding carboxylic acids is 1. The van der Waals surface area contributed by atoms with Crippen LogP contribution in [-0.2, 0) is 9.53 Å². The Morgan fingerprint density at radius 1 is 0.931 bits per heavy atom. The Balaban J connectivity index is 1.99. The third kappa shape index (κ3) is 4.06. The summed E-state index contributed by atoms with van der Waals surface area (Å²) in [5, 5.41) is 28.2. The number of allylic oxidation sites excluding steroid dienone is 1. The SMILES string of the molecule is COC(=O)C1=C(C)N[C@@H](c2ccc([N+](=O)[O-])cc2)N[C@@H]1c1ccc([N+](=O)[O-])cc1. The summed E-state index contributed by atoms with van der Waals surface area (Å²) in [4.78, 5) is 33.2. The molecular weight excluding hydrogens is 380 g/mol. The first-order valence-corrected chi connectivity index (χ1v) is 8.62. The number of ether oxygens (including phenoxy) is 1. The van der Waals surface area contributed by atoms with Crippen molar-refractivity contribution in [1.82, 2.24) is 10.6 Å². The summed E-state index contributed by atoms with van der Waals surface area (Å²) in [6, 6.07) is 11.3. The molecule has 0 saturated carbocycles. The largest absolute Gasteiger partial charge is 0.466 e. The minimum Gasteiger partial charge on any atom is -0.466 e. The maximum absolute atomic E-state index is 12.4. The van der Waals surface area contributed by atoms with Gasteiger partial charge in [0, 0.05) is 30.0 Å². The molecule has 1 aliphatic heterocycles. The highest BCUT2D eigenvalue weighted by molar-refractivity contribution is 5.91. The summed E-state index contributed by atoms with van der Waals surface area (Å²) in [5.74, 6) is -0.534. The second kappa shape index (κ2) is 8.07. The minimum atomic E-state index is -0.593. The number of hydrogen-bond acceptors (Lipinski definition) is 8. The molecule has 1 aliphatic rings. The highest BCUT2D eigenvalue weighted by atomic mass is 16.6. The van der Waals surface area contributed by atoms with Crippen LogP contribution in [0.2, 0.25) is 0 Å². The van der Waals surface area contributed by atoms with Crippen molar-refractivity contribution in [3.8, 4) is 0 Å². The Bertz CT molecular complexity index is 985. The van der Waals surface area contributed by atoms with Gasteiger partial charge in [0.15, 0.2) is 0 Å². The van der Waals surface area contributed by atoms with Crippen molar-refractivity contribution < 1.29 is 19.4 Å². The molecule has 0 aromatic heterocycles. The molecule has 10 nitrogen and oxygen atoms in total. The fourth-order valence-electron chi connectivity index (χ4n) is 3.20. The Labute approximate surface area is 165 Å². The lowest BCUT2D eigenvalue weighted by Crippen LogP contribution is -2.44. The first kappa shape index (κ1) is 20.0. The highest BCUT2D eigenvalue weighted by Crippen LogP contribution is 2.33. The summed E-state index contributed by atoms with van der Waals surface area (Å²) in [7, 11) is 1.28. The van der Waals surface area contributed by atoms with Crippen molar-refractivity contribution >= 4 is 17.3 Å². The first-order chi connectivity index (χ1) is 13.8. The zero-order chi connectivity index (χ0) is 21.1. The average Bonchev–Trinajstić information content (AvgIpc) is 2.72. The molecular formula is C19H18N4O6. The van der Waals surface area contributed by atoms with Crippen LogP contribution in [0.4, 0.5) is 11.4 Å². The van der Waals surface area contributed by atoms with E-state index in [1.807, 2.05) is 0 Å². The van der Waals surface area contributed by atoms with Gasteiger partial charge in [0.05, 0.1) is 28.6 Å². The van der Waals surface area contributed by atoms with Gasteiger partial charge in [0.1, 0.15) is 6.17 Å². The van der Waals surface area contributed by atoms with Crippen molar-refractivity contribution in [3.63, 3.8) is 0 Å². The number of carbonyl (C=O) groups is 1. The van der Waals surface area contributed by atoms with Crippen LogP contribution in [-0.4, -0.2) is 22.9 Å². The van der Waals surface area contributed by atoms with Crippen LogP contribution in [0.15, 0.2) is 59.8 Å². The van der Waals surface area contributed by atoms with Gasteiger partial charge in [-0.15, -0.1) is 0 Å². The van der Waals surface area contributed by atoms with Crippen LogP contribution in [0.1, 0.15) is 30.3 Å². The molecule has 2 N–H and O–H groups in total. The Hall–Kier alpha value is -3.79. The number of non-ortho nitro benzene ring substituents is 2. The molecule has 0 aliphatic carbocycles. The molecule has 150 valence electrons. The normalized spacial score (nSPS) is 18.7. The molecule has 2 aromatic rings. The van der Waals surface area contributed by atoms with E-state index in [1.54, 1.807) is 31.2 Å². The fraction of sp³-hybridized carbons (Fsp3) is 0.211. The molecule has 0 spiro atoms. The molecule has 0 saturated heterocycles. The van der Waals surface area contributed by atoms with Gasteiger partial charge in [0.2, 0.25) is 0 Å². The zero-order valence-corrected chi connectivity index (χ0v) is 15.6. The number of nitrogens with one attached hydrogen (secondary N) is 2. The van der Waals surface area contributed by atoms with E-state index >= 15 is 0 Å². The van der Waals surface area contributed by atoms with Crippen molar-refractivity contribution in [2.75, 3.05) is 7.11 Å². The summed E-state index contributed by atoms with van der Waals surface area (Å²) in [5.41, 5.74) is 2.20. The number of methoxy groups -OCH3 is 1. The number of nitro benzene ring substituents is 2. The lowest BCUT2D eigenvalue weighted by molar-refractivity contribution is -0.385. The summed E-state index contributed by atoms with van der Waals surface area (Å²) >= 11 is 0. The zero-order valence-electron chi connectivity index (χ0n) is 15.6. The van der Waals surface area contributed by atoms with Gasteiger partial charge in [0.25, 0.3) is 11.4 Å². The van der Waals surface area contributed by atoms with E-state index in [4.69, 9.17) is 4.74 Å². The third-order valence-corrected chi connectivity index (χ3v) is 4.67. The molecule has 2 aromatic carbocycles. The first-order valence-electron chi connectivity index (χ1n) is 8.62. The number of benzene rings is 2. The van der Waals surface area contributed by atoms with Gasteiger partial charge in [-0.3, -0.25) is 25.5 Å². The summed E-state index contributed by atoms with van der Waals surface area (Å²) in [6.45, 7) is 1.73. The van der Waals surface area contributed by atoms with Gasteiger partial charge < -0.3 is 10.1 Å². The molecule has 0 fully saturated rings. The second-order valence-corrected chi connectivity index (χ2v) is 6.40. The monoisotopic (exact) mass is 398 g/mol. The average molecular weight is 398 g/mol. The maximum Gasteiger partial charge on any atom is 0.337 e. The quantitative estimate of drug-likeness (QED) is 0.446. The van der Waals surface area contributed by atoms with Crippen molar-refractivity contribution in [1.29, 1.82) is 0 Å². The Morgan fingerprint density at radius 2 is 1.41 bits per heavy atom. The summed E-state index contributed by atoms with van der Waals surface area (Å²) in [6.07, 6.45) is -0.440. The molecule has 0 unspecified atom stereocenters. The van der Waals surface area contributed by atoms with E-state index in [0.29, 0.717) is 16.8 Å². The van der Waals surface area contributed by atoms with Crippen LogP contribution in [0, 0.1) is 20.2 Å². The van der Waals surface area contributed by atoms with Crippen molar-refractivity contribution in [2.24, 2.45) is 0 Å². The van der Waals surface area contributed by atoms with Gasteiger partial charge in [-0.05, 0) is 30.2 Å². The fourth-order valence-corrected chi connectivity index (χ4v) is 3.20. The van der Waals surface area contributed by atoms with Crippen LogP contribution < -0.4 is 10.6 Å². The Kier molecular flexibility index (Phi) is 5.55. The van der Waals surface area contributed by atoms with Crippen LogP contribution in [0.3, 0.4) is 0 Å². The number of hydrogen-bond donors (Lipinski definition) is 2. The number of rotatable bonds is 5. The van der Waals surface area contributed by atoms with Gasteiger partial charge in [-0.25, -0.2) is 4.79 Å². The molecule has 10 heteroatoms. The van der Waals surface area contributed by atoms with E-state index in [1.165, 1.54) is 31.4 Å². The third-order valence-electron chi connectivity index (χ3n) is 4.67. The molecule has 0 radical (unpaired) electrons. The summed E-state index contributed by atoms with van der Waals surface area (Å²) < 4.78 is 4.90. The van der Waals surface area contributed by atoms with E-state index in [2.05, 4.69) is 10.6 Å². The predicted octanol–water partition coefficient (Wildman–Crippen LogP) is 2.88. The topological polar surface area (TPSA) is 137 Å². The highest BCUT2D eigenvalue weighted by Gasteiger charge is 2.33. The number of nitrogens with zero attached hydrogens (tertiary/aromatic N) is 2. The molecule has 0 amide bonds. The van der Waals surface area contributed by atoms with Gasteiger partial charge >= 0.3 is 5.97 Å². The molecule has 29 heavy (non-hydrogen) atoms. The van der Waals surface area contributed by atoms with Crippen LogP contribution >= 0.6 is 0 Å². The maximum atomic E-state index is 12.4. The molecule has 3 rings (SSSR count). The second-order valence-electron chi connectivity index (χ2n) is 6.40. The number of nitro groups is 2. The molecule has 0 bridgehead atoms. The molecule has 1 heterocycles. The molecule has 2 atom stereocenters. The predicted molar refractivity (Wildman–Crippen MR) is 103 cm³/mol. The van der Waals surface area contributed by atoms with E-state index in [-0.39, 0.29) is 11.4 Å². The standard InChI is InChI=1S/C19H18N4O6/c1-11-16(19(24)29-2)17(12-3-7-14(8-4-12)22(25)26)21-18(20-11)13-5-9-15(10-6-13)23(27)28/h3-10,17-18,20-21H,1-2H3/t17-,18-/m1/s1. The van der Waals surface area contributed by atoms with Crippen LogP contribution in [0.5, 0.6) is 0 Å². The van der Waals surface area contributed by atoms with E-state index in [0.717, 1.165) is 5.56 Å². The lowest BCUT2D eigenvalue weighted by atomic mass is 9.93. The smallest absolute Gasteiger partial charge is 0.337 e. The van der Waals surface area contributed by atoms with Gasteiger partial charge in [-0.1, -0.05) is 12.1 Å². The number of esters is 1. The van der Waals surface area contributed by atoms with Crippen molar-refractivity contribution in [2.45, 2.75) is 19.1 Å². The van der Waals surface area contributed by atoms with Crippen molar-refractivity contribution in [3.05, 3.63) is 91.2 Å². The van der Waals surface area contributed by atoms with Crippen LogP contribution in [0.25, 0.3) is 0 Å².